The molecule has 0 spiro atoms. The molecule has 0 amide bonds. The van der Waals surface area contributed by atoms with Gasteiger partial charge < -0.3 is 14.2 Å². The number of esters is 3. The number of carbonyl (C=O) groups is 3. The summed E-state index contributed by atoms with van der Waals surface area (Å²) < 4.78 is 17.0. The highest BCUT2D eigenvalue weighted by Crippen LogP contribution is 2.17. The molecule has 1 atom stereocenters. The van der Waals surface area contributed by atoms with Gasteiger partial charge in [0.05, 0.1) is 0 Å². The van der Waals surface area contributed by atoms with E-state index in [1.54, 1.807) is 0 Å². The van der Waals surface area contributed by atoms with E-state index in [1.807, 2.05) is 0 Å². The molecule has 0 saturated heterocycles. The van der Waals surface area contributed by atoms with Crippen LogP contribution in [-0.2, 0) is 28.6 Å². The summed E-state index contributed by atoms with van der Waals surface area (Å²) in [5.74, 6) is -0.899. The second-order valence-electron chi connectivity index (χ2n) is 23.4. The summed E-state index contributed by atoms with van der Waals surface area (Å²) >= 11 is 0. The van der Waals surface area contributed by atoms with Crippen LogP contribution in [0.5, 0.6) is 0 Å². The predicted octanol–water partition coefficient (Wildman–Crippen LogP) is 24.6. The summed E-state index contributed by atoms with van der Waals surface area (Å²) in [4.78, 5) is 38.5. The van der Waals surface area contributed by atoms with Crippen LogP contribution in [0.1, 0.15) is 342 Å². The fourth-order valence-electron chi connectivity index (χ4n) is 9.99. The minimum Gasteiger partial charge on any atom is -0.462 e. The standard InChI is InChI=1S/C77H132O6/c1-4-7-10-13-16-19-22-25-28-31-34-36-37-38-39-41-43-46-49-52-55-58-61-64-67-70-76(79)82-73-74(72-81-75(78)69-66-63-60-57-54-51-48-45-42-33-30-27-24-21-18-15-12-9-6-3)83-77(80)71-68-65-62-59-56-53-50-47-44-40-35-32-29-26-23-20-17-14-11-8-5-2/h7,10,16,19,23,25-26,28,32,34-36,38-39,43-44,46-47,74H,4-6,8-9,11-15,17-18,20-22,24,27,29-31,33,37,40-42,45,48-73H2,1-3H3/b10-7-,19-16-,26-23-,28-25-,35-32-,36-34-,39-38-,46-43-,47-44-. The number of allylic oxidation sites excluding steroid dienone is 18. The molecule has 0 radical (unpaired) electrons. The molecular weight excluding hydrogens is 1020 g/mol. The summed E-state index contributed by atoms with van der Waals surface area (Å²) in [6, 6.07) is 0. The zero-order valence-corrected chi connectivity index (χ0v) is 54.7. The first-order chi connectivity index (χ1) is 41.0. The van der Waals surface area contributed by atoms with Crippen molar-refractivity contribution in [3.8, 4) is 0 Å². The van der Waals surface area contributed by atoms with Gasteiger partial charge in [-0.1, -0.05) is 323 Å². The van der Waals surface area contributed by atoms with Crippen molar-refractivity contribution in [3.63, 3.8) is 0 Å². The molecule has 0 bridgehead atoms. The lowest BCUT2D eigenvalue weighted by atomic mass is 10.0. The smallest absolute Gasteiger partial charge is 0.306 e. The SMILES string of the molecule is CC/C=C\C/C=C\C/C=C\C/C=C\C/C=C\C/C=C\CCCCCCCCC(=O)OCC(COC(=O)CCCCCCCCCCCCCCCCCCCCC)OC(=O)CCCCCCCC/C=C\C/C=C\C/C=C\CCCCCCC. The first-order valence-electron chi connectivity index (χ1n) is 35.4. The van der Waals surface area contributed by atoms with Crippen LogP contribution in [0.15, 0.2) is 109 Å². The van der Waals surface area contributed by atoms with E-state index in [1.165, 1.54) is 167 Å². The first kappa shape index (κ1) is 79.1. The van der Waals surface area contributed by atoms with Crippen molar-refractivity contribution in [2.45, 2.75) is 348 Å². The fourth-order valence-corrected chi connectivity index (χ4v) is 9.99. The second-order valence-corrected chi connectivity index (χ2v) is 23.4. The van der Waals surface area contributed by atoms with Crippen LogP contribution < -0.4 is 0 Å². The van der Waals surface area contributed by atoms with E-state index < -0.39 is 6.10 Å². The Bertz CT molecular complexity index is 1660. The summed E-state index contributed by atoms with van der Waals surface area (Å²) in [5.41, 5.74) is 0. The fraction of sp³-hybridized carbons (Fsp3) is 0.727. The third-order valence-electron chi connectivity index (χ3n) is 15.3. The van der Waals surface area contributed by atoms with Crippen LogP contribution in [0.25, 0.3) is 0 Å². The van der Waals surface area contributed by atoms with E-state index in [0.29, 0.717) is 19.3 Å². The van der Waals surface area contributed by atoms with Gasteiger partial charge in [0.2, 0.25) is 0 Å². The molecule has 0 rings (SSSR count). The molecule has 476 valence electrons. The second kappa shape index (κ2) is 70.6. The maximum atomic E-state index is 13.0. The van der Waals surface area contributed by atoms with Crippen LogP contribution in [0.4, 0.5) is 0 Å². The zero-order chi connectivity index (χ0) is 59.9. The molecule has 6 nitrogen and oxygen atoms in total. The zero-order valence-electron chi connectivity index (χ0n) is 54.7. The molecule has 0 aromatic rings. The number of unbranched alkanes of at least 4 members (excludes halogenated alkanes) is 35. The van der Waals surface area contributed by atoms with E-state index in [0.717, 1.165) is 135 Å². The van der Waals surface area contributed by atoms with Gasteiger partial charge in [0, 0.05) is 19.3 Å². The number of hydrogen-bond acceptors (Lipinski definition) is 6. The predicted molar refractivity (Wildman–Crippen MR) is 362 cm³/mol. The van der Waals surface area contributed by atoms with Crippen molar-refractivity contribution in [2.24, 2.45) is 0 Å². The van der Waals surface area contributed by atoms with Gasteiger partial charge in [-0.3, -0.25) is 14.4 Å². The molecule has 0 aromatic carbocycles. The lowest BCUT2D eigenvalue weighted by Crippen LogP contribution is -2.30. The van der Waals surface area contributed by atoms with Crippen LogP contribution in [0.2, 0.25) is 0 Å². The Balaban J connectivity index is 4.43. The van der Waals surface area contributed by atoms with Gasteiger partial charge in [-0.2, -0.15) is 0 Å². The maximum Gasteiger partial charge on any atom is 0.306 e. The molecule has 0 heterocycles. The van der Waals surface area contributed by atoms with Crippen molar-refractivity contribution < 1.29 is 28.6 Å². The van der Waals surface area contributed by atoms with Crippen LogP contribution in [0.3, 0.4) is 0 Å². The Kier molecular flexibility index (Phi) is 67.2. The average molecular weight is 1150 g/mol. The van der Waals surface area contributed by atoms with Crippen molar-refractivity contribution in [2.75, 3.05) is 13.2 Å². The minimum atomic E-state index is -0.794. The van der Waals surface area contributed by atoms with Gasteiger partial charge in [-0.05, 0) is 109 Å². The summed E-state index contributed by atoms with van der Waals surface area (Å²) in [7, 11) is 0. The van der Waals surface area contributed by atoms with Crippen LogP contribution in [-0.4, -0.2) is 37.2 Å². The van der Waals surface area contributed by atoms with Crippen LogP contribution >= 0.6 is 0 Å². The van der Waals surface area contributed by atoms with Gasteiger partial charge >= 0.3 is 17.9 Å². The third kappa shape index (κ3) is 68.7. The molecular formula is C77H132O6. The van der Waals surface area contributed by atoms with E-state index >= 15 is 0 Å². The summed E-state index contributed by atoms with van der Waals surface area (Å²) in [6.45, 7) is 6.54. The molecule has 0 aliphatic heterocycles. The van der Waals surface area contributed by atoms with E-state index in [4.69, 9.17) is 14.2 Å². The molecule has 0 aliphatic carbocycles. The molecule has 0 N–H and O–H groups in total. The van der Waals surface area contributed by atoms with Gasteiger partial charge in [0.1, 0.15) is 13.2 Å². The monoisotopic (exact) mass is 1150 g/mol. The van der Waals surface area contributed by atoms with Gasteiger partial charge in [0.15, 0.2) is 6.10 Å². The Hall–Kier alpha value is -3.93. The highest BCUT2D eigenvalue weighted by atomic mass is 16.6. The van der Waals surface area contributed by atoms with Gasteiger partial charge in [-0.15, -0.1) is 0 Å². The number of rotatable bonds is 64. The summed E-state index contributed by atoms with van der Waals surface area (Å²) in [6.07, 6.45) is 96.7. The molecule has 0 aliphatic rings. The molecule has 1 unspecified atom stereocenters. The normalized spacial score (nSPS) is 12.8. The highest BCUT2D eigenvalue weighted by Gasteiger charge is 2.19. The van der Waals surface area contributed by atoms with E-state index in [9.17, 15) is 14.4 Å². The summed E-state index contributed by atoms with van der Waals surface area (Å²) in [5, 5.41) is 0. The Morgan fingerprint density at radius 3 is 0.735 bits per heavy atom. The molecule has 0 saturated carbocycles. The highest BCUT2D eigenvalue weighted by molar-refractivity contribution is 5.71. The first-order valence-corrected chi connectivity index (χ1v) is 35.4. The van der Waals surface area contributed by atoms with Crippen molar-refractivity contribution in [1.82, 2.24) is 0 Å². The molecule has 83 heavy (non-hydrogen) atoms. The topological polar surface area (TPSA) is 78.9 Å². The third-order valence-corrected chi connectivity index (χ3v) is 15.3. The van der Waals surface area contributed by atoms with Crippen LogP contribution in [0, 0.1) is 0 Å². The maximum absolute atomic E-state index is 13.0. The lowest BCUT2D eigenvalue weighted by molar-refractivity contribution is -0.167. The Morgan fingerprint density at radius 2 is 0.470 bits per heavy atom. The largest absolute Gasteiger partial charge is 0.462 e. The van der Waals surface area contributed by atoms with Crippen molar-refractivity contribution in [3.05, 3.63) is 109 Å². The van der Waals surface area contributed by atoms with Crippen molar-refractivity contribution in [1.29, 1.82) is 0 Å². The lowest BCUT2D eigenvalue weighted by Gasteiger charge is -2.18. The average Bonchev–Trinajstić information content (AvgIpc) is 3.50. The van der Waals surface area contributed by atoms with E-state index in [-0.39, 0.29) is 31.1 Å². The number of carbonyl (C=O) groups excluding carboxylic acids is 3. The number of hydrogen-bond donors (Lipinski definition) is 0. The molecule has 0 aromatic heterocycles. The van der Waals surface area contributed by atoms with E-state index in [2.05, 4.69) is 130 Å². The van der Waals surface area contributed by atoms with Gasteiger partial charge in [0.25, 0.3) is 0 Å². The molecule has 0 fully saturated rings. The van der Waals surface area contributed by atoms with Crippen molar-refractivity contribution >= 4 is 17.9 Å². The molecule has 6 heteroatoms. The van der Waals surface area contributed by atoms with Gasteiger partial charge in [-0.25, -0.2) is 0 Å². The quantitative estimate of drug-likeness (QED) is 0.0261. The minimum absolute atomic E-state index is 0.0864. The number of ether oxygens (including phenoxy) is 3. The Morgan fingerprint density at radius 1 is 0.253 bits per heavy atom. The Labute approximate surface area is 514 Å².